The zero-order chi connectivity index (χ0) is 27.5. The highest BCUT2D eigenvalue weighted by Gasteiger charge is 2.29. The Labute approximate surface area is 221 Å². The fourth-order valence-corrected chi connectivity index (χ4v) is 5.00. The van der Waals surface area contributed by atoms with Gasteiger partial charge in [0.2, 0.25) is 17.8 Å². The molecule has 2 aliphatic rings. The van der Waals surface area contributed by atoms with Crippen molar-refractivity contribution < 1.29 is 32.9 Å². The summed E-state index contributed by atoms with van der Waals surface area (Å²) in [5, 5.41) is 27.0. The van der Waals surface area contributed by atoms with E-state index in [4.69, 9.17) is 9.84 Å². The van der Waals surface area contributed by atoms with Gasteiger partial charge >= 0.3 is 0 Å². The van der Waals surface area contributed by atoms with Crippen LogP contribution in [0.3, 0.4) is 0 Å². The second-order valence-electron chi connectivity index (χ2n) is 9.87. The Kier molecular flexibility index (Phi) is 8.14. The van der Waals surface area contributed by atoms with Gasteiger partial charge < -0.3 is 30.9 Å². The number of ether oxygens (including phenoxy) is 1. The Morgan fingerprint density at radius 2 is 1.87 bits per heavy atom. The van der Waals surface area contributed by atoms with Crippen molar-refractivity contribution in [3.63, 3.8) is 0 Å². The summed E-state index contributed by atoms with van der Waals surface area (Å²) >= 11 is 0. The zero-order valence-corrected chi connectivity index (χ0v) is 21.0. The van der Waals surface area contributed by atoms with Crippen molar-refractivity contribution in [1.82, 2.24) is 24.8 Å². The SMILES string of the molecule is O=C(NC[C@H](O)CO)[C@H]1CC[C@H](Nc2ncc3nc(Nc4c(F)cc(F)cc4F)n([C@H]4CCOC4)c3n2)CC1. The number of halogens is 3. The van der Waals surface area contributed by atoms with Gasteiger partial charge in [-0.3, -0.25) is 9.36 Å². The van der Waals surface area contributed by atoms with Gasteiger partial charge in [0, 0.05) is 37.2 Å². The summed E-state index contributed by atoms with van der Waals surface area (Å²) in [7, 11) is 0. The number of aromatic nitrogens is 4. The molecule has 11 nitrogen and oxygen atoms in total. The van der Waals surface area contributed by atoms with Gasteiger partial charge in [0.1, 0.15) is 17.0 Å². The summed E-state index contributed by atoms with van der Waals surface area (Å²) in [5.41, 5.74) is 0.331. The van der Waals surface area contributed by atoms with Crippen molar-refractivity contribution in [2.45, 2.75) is 50.3 Å². The molecular weight excluding hydrogens is 519 g/mol. The summed E-state index contributed by atoms with van der Waals surface area (Å²) < 4.78 is 49.4. The number of nitrogens with zero attached hydrogens (tertiary/aromatic N) is 4. The molecule has 0 bridgehead atoms. The third-order valence-electron chi connectivity index (χ3n) is 7.10. The number of nitrogens with one attached hydrogen (secondary N) is 3. The van der Waals surface area contributed by atoms with Gasteiger partial charge in [-0.2, -0.15) is 4.98 Å². The van der Waals surface area contributed by atoms with Crippen molar-refractivity contribution >= 4 is 34.7 Å². The van der Waals surface area contributed by atoms with Crippen LogP contribution in [0.25, 0.3) is 11.2 Å². The Morgan fingerprint density at radius 1 is 1.13 bits per heavy atom. The van der Waals surface area contributed by atoms with Crippen LogP contribution in [0.1, 0.15) is 38.1 Å². The Morgan fingerprint density at radius 3 is 2.54 bits per heavy atom. The molecule has 0 radical (unpaired) electrons. The Hall–Kier alpha value is -3.49. The monoisotopic (exact) mass is 549 g/mol. The van der Waals surface area contributed by atoms with E-state index in [1.54, 1.807) is 4.57 Å². The number of hydrogen-bond donors (Lipinski definition) is 5. The molecule has 1 amide bonds. The molecule has 14 heteroatoms. The van der Waals surface area contributed by atoms with Gasteiger partial charge in [-0.05, 0) is 32.1 Å². The predicted octanol–water partition coefficient (Wildman–Crippen LogP) is 2.39. The van der Waals surface area contributed by atoms with Gasteiger partial charge in [-0.1, -0.05) is 0 Å². The average Bonchev–Trinajstić information content (AvgIpc) is 3.57. The summed E-state index contributed by atoms with van der Waals surface area (Å²) in [6.45, 7) is 0.474. The van der Waals surface area contributed by atoms with Crippen molar-refractivity contribution in [3.8, 4) is 0 Å². The number of fused-ring (bicyclic) bond motifs is 1. The lowest BCUT2D eigenvalue weighted by Gasteiger charge is -2.28. The molecule has 1 saturated carbocycles. The molecule has 1 aromatic carbocycles. The van der Waals surface area contributed by atoms with Crippen LogP contribution in [-0.4, -0.2) is 74.2 Å². The number of rotatable bonds is 9. The van der Waals surface area contributed by atoms with Crippen LogP contribution in [0.15, 0.2) is 18.3 Å². The number of aliphatic hydroxyl groups excluding tert-OH is 2. The summed E-state index contributed by atoms with van der Waals surface area (Å²) in [6.07, 6.45) is 3.87. The Bertz CT molecular complexity index is 1300. The van der Waals surface area contributed by atoms with E-state index in [0.29, 0.717) is 74.6 Å². The van der Waals surface area contributed by atoms with Crippen LogP contribution < -0.4 is 16.0 Å². The highest BCUT2D eigenvalue weighted by Crippen LogP contribution is 2.32. The molecule has 5 rings (SSSR count). The number of aliphatic hydroxyl groups is 2. The standard InChI is InChI=1S/C25H30F3N7O4/c26-14-7-18(27)21(19(28)8-14)33-25-32-20-10-30-24(34-22(20)35(25)16-5-6-39-12-16)31-15-3-1-13(2-4-15)23(38)29-9-17(37)11-36/h7-8,10,13,15-17,36-37H,1-6,9,11-12H2,(H,29,38)(H,32,33)(H,30,31,34)/t13-,15-,16-,17-/m0/s1. The summed E-state index contributed by atoms with van der Waals surface area (Å²) in [6, 6.07) is 1.02. The highest BCUT2D eigenvalue weighted by molar-refractivity contribution is 5.79. The number of carbonyl (C=O) groups is 1. The molecule has 3 aromatic rings. The number of imidazole rings is 1. The van der Waals surface area contributed by atoms with E-state index in [1.165, 1.54) is 6.20 Å². The lowest BCUT2D eigenvalue weighted by molar-refractivity contribution is -0.126. The number of carbonyl (C=O) groups excluding carboxylic acids is 1. The van der Waals surface area contributed by atoms with Crippen LogP contribution in [0.5, 0.6) is 0 Å². The minimum Gasteiger partial charge on any atom is -0.394 e. The third kappa shape index (κ3) is 6.07. The van der Waals surface area contributed by atoms with Gasteiger partial charge in [0.15, 0.2) is 17.3 Å². The van der Waals surface area contributed by atoms with Crippen LogP contribution >= 0.6 is 0 Å². The third-order valence-corrected chi connectivity index (χ3v) is 7.10. The number of anilines is 3. The van der Waals surface area contributed by atoms with Crippen molar-refractivity contribution in [1.29, 1.82) is 0 Å². The van der Waals surface area contributed by atoms with Crippen LogP contribution in [0, 0.1) is 23.4 Å². The minimum absolute atomic E-state index is 0.0123. The van der Waals surface area contributed by atoms with Gasteiger partial charge in [0.25, 0.3) is 0 Å². The topological polar surface area (TPSA) is 146 Å². The second-order valence-corrected chi connectivity index (χ2v) is 9.87. The molecule has 0 spiro atoms. The molecule has 1 saturated heterocycles. The first kappa shape index (κ1) is 27.1. The number of amides is 1. The van der Waals surface area contributed by atoms with Gasteiger partial charge in [0.05, 0.1) is 31.6 Å². The maximum atomic E-state index is 14.4. The maximum absolute atomic E-state index is 14.4. The molecule has 0 unspecified atom stereocenters. The van der Waals surface area contributed by atoms with E-state index >= 15 is 0 Å². The van der Waals surface area contributed by atoms with E-state index in [2.05, 4.69) is 30.9 Å². The molecule has 2 atom stereocenters. The fraction of sp³-hybridized carbons (Fsp3) is 0.520. The molecule has 2 fully saturated rings. The summed E-state index contributed by atoms with van der Waals surface area (Å²) in [4.78, 5) is 25.8. The minimum atomic E-state index is -1.09. The zero-order valence-electron chi connectivity index (χ0n) is 21.0. The molecule has 1 aliphatic heterocycles. The molecule has 210 valence electrons. The maximum Gasteiger partial charge on any atom is 0.224 e. The fourth-order valence-electron chi connectivity index (χ4n) is 5.00. The first-order valence-electron chi connectivity index (χ1n) is 12.9. The molecule has 5 N–H and O–H groups in total. The predicted molar refractivity (Wildman–Crippen MR) is 135 cm³/mol. The number of benzene rings is 1. The van der Waals surface area contributed by atoms with E-state index in [9.17, 15) is 23.1 Å². The Balaban J connectivity index is 1.32. The van der Waals surface area contributed by atoms with Crippen LogP contribution in [0.2, 0.25) is 0 Å². The average molecular weight is 550 g/mol. The van der Waals surface area contributed by atoms with Crippen molar-refractivity contribution in [3.05, 3.63) is 35.8 Å². The summed E-state index contributed by atoms with van der Waals surface area (Å²) in [5.74, 6) is -3.03. The molecule has 1 aliphatic carbocycles. The van der Waals surface area contributed by atoms with Gasteiger partial charge in [-0.25, -0.2) is 23.1 Å². The smallest absolute Gasteiger partial charge is 0.224 e. The lowest BCUT2D eigenvalue weighted by Crippen LogP contribution is -2.40. The lowest BCUT2D eigenvalue weighted by atomic mass is 9.85. The first-order chi connectivity index (χ1) is 18.8. The van der Waals surface area contributed by atoms with Crippen molar-refractivity contribution in [2.24, 2.45) is 5.92 Å². The van der Waals surface area contributed by atoms with E-state index < -0.39 is 35.8 Å². The molecule has 3 heterocycles. The molecule has 2 aromatic heterocycles. The molecular formula is C25H30F3N7O4. The number of hydrogen-bond acceptors (Lipinski definition) is 9. The van der Waals surface area contributed by atoms with Gasteiger partial charge in [-0.15, -0.1) is 0 Å². The normalized spacial score (nSPS) is 22.1. The van der Waals surface area contributed by atoms with E-state index in [-0.39, 0.29) is 36.4 Å². The largest absolute Gasteiger partial charge is 0.394 e. The molecule has 39 heavy (non-hydrogen) atoms. The van der Waals surface area contributed by atoms with E-state index in [0.717, 1.165) is 0 Å². The van der Waals surface area contributed by atoms with Crippen molar-refractivity contribution in [2.75, 3.05) is 37.0 Å². The first-order valence-corrected chi connectivity index (χ1v) is 12.9. The second kappa shape index (κ2) is 11.7. The van der Waals surface area contributed by atoms with Crippen LogP contribution in [0.4, 0.5) is 30.8 Å². The van der Waals surface area contributed by atoms with Crippen LogP contribution in [-0.2, 0) is 9.53 Å². The highest BCUT2D eigenvalue weighted by atomic mass is 19.1. The van der Waals surface area contributed by atoms with E-state index in [1.807, 2.05) is 0 Å². The quantitative estimate of drug-likeness (QED) is 0.272.